The average molecular weight is 518 g/mol. The van der Waals surface area contributed by atoms with Gasteiger partial charge in [-0.3, -0.25) is 4.79 Å². The minimum Gasteiger partial charge on any atom is -0.456 e. The summed E-state index contributed by atoms with van der Waals surface area (Å²) in [5, 5.41) is 13.7. The number of hydrogen-bond donors (Lipinski definition) is 1. The third kappa shape index (κ3) is 4.96. The Bertz CT molecular complexity index is 1170. The van der Waals surface area contributed by atoms with E-state index in [9.17, 15) is 10.0 Å². The van der Waals surface area contributed by atoms with Gasteiger partial charge < -0.3 is 28.9 Å². The summed E-state index contributed by atoms with van der Waals surface area (Å²) in [5.74, 6) is -1.42. The Morgan fingerprint density at radius 2 is 1.39 bits per heavy atom. The maximum absolute atomic E-state index is 12.0. The second-order valence-corrected chi connectivity index (χ2v) is 9.76. The molecule has 2 heterocycles. The molecular formula is C30H31NO7. The molecule has 4 unspecified atom stereocenters. The van der Waals surface area contributed by atoms with Gasteiger partial charge >= 0.3 is 5.97 Å². The minimum atomic E-state index is -1.04. The summed E-state index contributed by atoms with van der Waals surface area (Å²) in [6.07, 6.45) is -3.29. The van der Waals surface area contributed by atoms with E-state index in [0.29, 0.717) is 0 Å². The highest BCUT2D eigenvalue weighted by Gasteiger charge is 2.58. The largest absolute Gasteiger partial charge is 0.456 e. The molecule has 5 rings (SSSR count). The number of carbonyl (C=O) groups excluding carboxylic acids is 1. The van der Waals surface area contributed by atoms with Gasteiger partial charge in [-0.05, 0) is 30.5 Å². The molecular weight excluding hydrogens is 486 g/mol. The standard InChI is InChI=1S/C30H31NO7/c1-20(32)35-26-25(36-28-27(26)37-29(2,3)38-28)24(31-33)19-34-30(21-13-7-4-8-14-21,22-15-9-5-10-16-22)23-17-11-6-12-18-23/h4-18,25-28,33H,19H2,1-3H3/b31-24+. The number of esters is 1. The fraction of sp³-hybridized carbons (Fsp3) is 0.333. The number of ether oxygens (including phenoxy) is 5. The molecule has 2 saturated heterocycles. The number of rotatable bonds is 8. The third-order valence-corrected chi connectivity index (χ3v) is 6.73. The van der Waals surface area contributed by atoms with Gasteiger partial charge in [0.15, 0.2) is 24.3 Å². The summed E-state index contributed by atoms with van der Waals surface area (Å²) in [6.45, 7) is 4.68. The molecule has 1 N–H and O–H groups in total. The molecule has 0 spiro atoms. The van der Waals surface area contributed by atoms with E-state index in [0.717, 1.165) is 16.7 Å². The van der Waals surface area contributed by atoms with Crippen LogP contribution >= 0.6 is 0 Å². The number of benzene rings is 3. The van der Waals surface area contributed by atoms with Crippen LogP contribution in [-0.4, -0.2) is 53.9 Å². The summed E-state index contributed by atoms with van der Waals surface area (Å²) in [4.78, 5) is 12.0. The molecule has 0 radical (unpaired) electrons. The molecule has 3 aromatic rings. The van der Waals surface area contributed by atoms with Crippen molar-refractivity contribution in [1.82, 2.24) is 0 Å². The first-order valence-corrected chi connectivity index (χ1v) is 12.5. The van der Waals surface area contributed by atoms with Crippen LogP contribution in [0.1, 0.15) is 37.5 Å². The van der Waals surface area contributed by atoms with Crippen molar-refractivity contribution in [2.75, 3.05) is 6.61 Å². The van der Waals surface area contributed by atoms with Crippen molar-refractivity contribution >= 4 is 11.7 Å². The number of carbonyl (C=O) groups is 1. The first kappa shape index (κ1) is 26.1. The van der Waals surface area contributed by atoms with Crippen LogP contribution in [-0.2, 0) is 34.1 Å². The van der Waals surface area contributed by atoms with Crippen LogP contribution in [0, 0.1) is 0 Å². The van der Waals surface area contributed by atoms with Crippen molar-refractivity contribution < 1.29 is 33.7 Å². The van der Waals surface area contributed by atoms with Gasteiger partial charge in [0.25, 0.3) is 0 Å². The van der Waals surface area contributed by atoms with Gasteiger partial charge in [-0.2, -0.15) is 0 Å². The minimum absolute atomic E-state index is 0.138. The average Bonchev–Trinajstić information content (AvgIpc) is 3.40. The second kappa shape index (κ2) is 10.7. The Morgan fingerprint density at radius 1 is 0.895 bits per heavy atom. The van der Waals surface area contributed by atoms with E-state index in [1.165, 1.54) is 6.92 Å². The zero-order valence-electron chi connectivity index (χ0n) is 21.5. The molecule has 2 aliphatic rings. The highest BCUT2D eigenvalue weighted by molar-refractivity contribution is 5.91. The fourth-order valence-corrected chi connectivity index (χ4v) is 5.19. The smallest absolute Gasteiger partial charge is 0.303 e. The predicted molar refractivity (Wildman–Crippen MR) is 139 cm³/mol. The zero-order valence-corrected chi connectivity index (χ0v) is 21.5. The second-order valence-electron chi connectivity index (χ2n) is 9.76. The third-order valence-electron chi connectivity index (χ3n) is 6.73. The van der Waals surface area contributed by atoms with Gasteiger partial charge in [-0.1, -0.05) is 96.2 Å². The summed E-state index contributed by atoms with van der Waals surface area (Å²) < 4.78 is 30.2. The maximum atomic E-state index is 12.0. The van der Waals surface area contributed by atoms with Gasteiger partial charge in [0.05, 0.1) is 6.61 Å². The number of hydrogen-bond acceptors (Lipinski definition) is 8. The van der Waals surface area contributed by atoms with E-state index in [-0.39, 0.29) is 12.3 Å². The molecule has 198 valence electrons. The number of nitrogens with zero attached hydrogens (tertiary/aromatic N) is 1. The Morgan fingerprint density at radius 3 is 1.84 bits per heavy atom. The Hall–Kier alpha value is -3.56. The Labute approximate surface area is 221 Å². The predicted octanol–water partition coefficient (Wildman–Crippen LogP) is 4.63. The first-order valence-electron chi connectivity index (χ1n) is 12.5. The van der Waals surface area contributed by atoms with Crippen molar-refractivity contribution in [1.29, 1.82) is 0 Å². The highest BCUT2D eigenvalue weighted by atomic mass is 16.8. The van der Waals surface area contributed by atoms with E-state index >= 15 is 0 Å². The summed E-state index contributed by atoms with van der Waals surface area (Å²) in [5.41, 5.74) is 1.78. The molecule has 0 aromatic heterocycles. The fourth-order valence-electron chi connectivity index (χ4n) is 5.19. The van der Waals surface area contributed by atoms with Gasteiger partial charge in [0.1, 0.15) is 17.4 Å². The van der Waals surface area contributed by atoms with E-state index in [1.807, 2.05) is 91.0 Å². The summed E-state index contributed by atoms with van der Waals surface area (Å²) >= 11 is 0. The first-order chi connectivity index (χ1) is 18.3. The highest BCUT2D eigenvalue weighted by Crippen LogP contribution is 2.42. The van der Waals surface area contributed by atoms with Crippen molar-refractivity contribution in [3.63, 3.8) is 0 Å². The topological polar surface area (TPSA) is 95.8 Å². The van der Waals surface area contributed by atoms with E-state index in [4.69, 9.17) is 23.7 Å². The lowest BCUT2D eigenvalue weighted by molar-refractivity contribution is -0.211. The molecule has 0 saturated carbocycles. The van der Waals surface area contributed by atoms with Crippen LogP contribution in [0.25, 0.3) is 0 Å². The van der Waals surface area contributed by atoms with E-state index in [2.05, 4.69) is 5.16 Å². The summed E-state index contributed by atoms with van der Waals surface area (Å²) in [6, 6.07) is 29.5. The van der Waals surface area contributed by atoms with Crippen molar-refractivity contribution in [2.45, 2.75) is 56.8 Å². The van der Waals surface area contributed by atoms with Gasteiger partial charge in [-0.25, -0.2) is 0 Å². The normalized spacial score (nSPS) is 24.7. The molecule has 2 fully saturated rings. The molecule has 4 atom stereocenters. The lowest BCUT2D eigenvalue weighted by Gasteiger charge is -2.36. The molecule has 3 aromatic carbocycles. The van der Waals surface area contributed by atoms with Crippen LogP contribution in [0.2, 0.25) is 0 Å². The van der Waals surface area contributed by atoms with Crippen LogP contribution < -0.4 is 0 Å². The lowest BCUT2D eigenvalue weighted by atomic mass is 9.80. The van der Waals surface area contributed by atoms with Crippen LogP contribution in [0.5, 0.6) is 0 Å². The zero-order chi connectivity index (χ0) is 26.8. The monoisotopic (exact) mass is 517 g/mol. The quantitative estimate of drug-likeness (QED) is 0.153. The van der Waals surface area contributed by atoms with E-state index < -0.39 is 42.0 Å². The molecule has 2 aliphatic heterocycles. The van der Waals surface area contributed by atoms with Crippen LogP contribution in [0.3, 0.4) is 0 Å². The maximum Gasteiger partial charge on any atom is 0.303 e. The number of fused-ring (bicyclic) bond motifs is 1. The van der Waals surface area contributed by atoms with Gasteiger partial charge in [0, 0.05) is 6.92 Å². The molecule has 8 heteroatoms. The van der Waals surface area contributed by atoms with Gasteiger partial charge in [0.2, 0.25) is 0 Å². The Balaban J connectivity index is 1.52. The van der Waals surface area contributed by atoms with Crippen molar-refractivity contribution in [3.05, 3.63) is 108 Å². The van der Waals surface area contributed by atoms with Crippen LogP contribution in [0.15, 0.2) is 96.2 Å². The van der Waals surface area contributed by atoms with Gasteiger partial charge in [-0.15, -0.1) is 0 Å². The molecule has 8 nitrogen and oxygen atoms in total. The molecule has 0 bridgehead atoms. The molecule has 0 aliphatic carbocycles. The summed E-state index contributed by atoms with van der Waals surface area (Å²) in [7, 11) is 0. The molecule has 38 heavy (non-hydrogen) atoms. The lowest BCUT2D eigenvalue weighted by Crippen LogP contribution is -2.44. The SMILES string of the molecule is CC(=O)OC1C(/C(COC(c2ccccc2)(c2ccccc2)c2ccccc2)=N/O)OC2OC(C)(C)OC21. The van der Waals surface area contributed by atoms with Crippen molar-refractivity contribution in [2.24, 2.45) is 5.16 Å². The molecule has 0 amide bonds. The number of oxime groups is 1. The van der Waals surface area contributed by atoms with E-state index in [1.54, 1.807) is 13.8 Å². The van der Waals surface area contributed by atoms with Crippen molar-refractivity contribution in [3.8, 4) is 0 Å². The van der Waals surface area contributed by atoms with Crippen LogP contribution in [0.4, 0.5) is 0 Å². The Kier molecular flexibility index (Phi) is 7.32.